The van der Waals surface area contributed by atoms with Crippen LogP contribution in [0.5, 0.6) is 0 Å². The lowest BCUT2D eigenvalue weighted by Crippen LogP contribution is -2.33. The number of carbonyl (C=O) groups is 4. The maximum Gasteiger partial charge on any atom is 0.338 e. The number of amides is 3. The highest BCUT2D eigenvalue weighted by molar-refractivity contribution is 9.10. The van der Waals surface area contributed by atoms with Crippen LogP contribution in [0.15, 0.2) is 53.0 Å². The number of ether oxygens (including phenoxy) is 1. The van der Waals surface area contributed by atoms with Crippen molar-refractivity contribution in [1.82, 2.24) is 0 Å². The molecule has 1 N–H and O–H groups in total. The standard InChI is InChI=1S/C26H23BrN2O5/c1-13-9-20(14(2)8-19(13)27)28-21(30)12-34-26(33)17-4-3-5-18(11-17)29-24(31)22-15-6-7-16(10-15)23(22)25(29)32/h3-9,11,15-16,22-23H,10,12H2,1-2H3,(H,28,30)/t15-,16-,22-,23-/m0/s1. The fraction of sp³-hybridized carbons (Fsp3) is 0.308. The molecule has 5 rings (SSSR count). The maximum atomic E-state index is 13.0. The number of esters is 1. The van der Waals surface area contributed by atoms with E-state index in [4.69, 9.17) is 4.74 Å². The molecule has 2 aliphatic carbocycles. The zero-order valence-electron chi connectivity index (χ0n) is 18.7. The first kappa shape index (κ1) is 22.5. The smallest absolute Gasteiger partial charge is 0.338 e. The molecule has 3 aliphatic rings. The fourth-order valence-corrected chi connectivity index (χ4v) is 5.70. The van der Waals surface area contributed by atoms with Crippen LogP contribution in [0.3, 0.4) is 0 Å². The second-order valence-electron chi connectivity index (χ2n) is 9.10. The molecule has 2 aromatic rings. The summed E-state index contributed by atoms with van der Waals surface area (Å²) in [5.74, 6) is -1.99. The van der Waals surface area contributed by atoms with Gasteiger partial charge in [0, 0.05) is 10.2 Å². The summed E-state index contributed by atoms with van der Waals surface area (Å²) in [6, 6.07) is 9.97. The van der Waals surface area contributed by atoms with E-state index in [9.17, 15) is 19.2 Å². The Labute approximate surface area is 205 Å². The number of aryl methyl sites for hydroxylation is 2. The normalized spacial score (nSPS) is 24.5. The summed E-state index contributed by atoms with van der Waals surface area (Å²) in [6.07, 6.45) is 4.93. The minimum absolute atomic E-state index is 0.112. The second-order valence-corrected chi connectivity index (χ2v) is 9.96. The van der Waals surface area contributed by atoms with E-state index in [1.807, 2.05) is 38.1 Å². The Bertz CT molecular complexity index is 1240. The average Bonchev–Trinajstić information content (AvgIpc) is 3.49. The highest BCUT2D eigenvalue weighted by atomic mass is 79.9. The summed E-state index contributed by atoms with van der Waals surface area (Å²) in [6.45, 7) is 3.32. The Morgan fingerprint density at radius 3 is 2.38 bits per heavy atom. The molecule has 0 unspecified atom stereocenters. The van der Waals surface area contributed by atoms with Gasteiger partial charge in [-0.1, -0.05) is 34.1 Å². The molecule has 174 valence electrons. The van der Waals surface area contributed by atoms with E-state index >= 15 is 0 Å². The Morgan fingerprint density at radius 1 is 1.03 bits per heavy atom. The minimum Gasteiger partial charge on any atom is -0.452 e. The van der Waals surface area contributed by atoms with Crippen molar-refractivity contribution in [1.29, 1.82) is 0 Å². The molecular weight excluding hydrogens is 500 g/mol. The van der Waals surface area contributed by atoms with Gasteiger partial charge in [-0.3, -0.25) is 14.4 Å². The number of nitrogens with zero attached hydrogens (tertiary/aromatic N) is 1. The predicted octanol–water partition coefficient (Wildman–Crippen LogP) is 4.17. The first-order valence-electron chi connectivity index (χ1n) is 11.1. The van der Waals surface area contributed by atoms with Gasteiger partial charge < -0.3 is 10.1 Å². The highest BCUT2D eigenvalue weighted by Gasteiger charge is 2.59. The van der Waals surface area contributed by atoms with E-state index in [1.54, 1.807) is 12.1 Å². The number of carbonyl (C=O) groups excluding carboxylic acids is 4. The molecule has 8 heteroatoms. The third kappa shape index (κ3) is 3.76. The van der Waals surface area contributed by atoms with Gasteiger partial charge in [0.1, 0.15) is 0 Å². The lowest BCUT2D eigenvalue weighted by atomic mass is 9.85. The van der Waals surface area contributed by atoms with E-state index in [2.05, 4.69) is 21.2 Å². The topological polar surface area (TPSA) is 92.8 Å². The third-order valence-corrected chi connectivity index (χ3v) is 7.78. The van der Waals surface area contributed by atoms with Gasteiger partial charge >= 0.3 is 5.97 Å². The first-order valence-corrected chi connectivity index (χ1v) is 11.9. The molecular formula is C26H23BrN2O5. The number of fused-ring (bicyclic) bond motifs is 5. The molecule has 34 heavy (non-hydrogen) atoms. The van der Waals surface area contributed by atoms with Crippen molar-refractivity contribution in [3.05, 3.63) is 69.7 Å². The SMILES string of the molecule is Cc1cc(NC(=O)COC(=O)c2cccc(N3C(=O)[C@@H]4[C@@H](C3=O)[C@H]3C=C[C@H]4C3)c2)c(C)cc1Br. The van der Waals surface area contributed by atoms with E-state index in [-0.39, 0.29) is 41.0 Å². The lowest BCUT2D eigenvalue weighted by molar-refractivity contribution is -0.123. The quantitative estimate of drug-likeness (QED) is 0.361. The van der Waals surface area contributed by atoms with Crippen LogP contribution in [0.4, 0.5) is 11.4 Å². The molecule has 0 spiro atoms. The van der Waals surface area contributed by atoms with E-state index in [0.717, 1.165) is 22.0 Å². The lowest BCUT2D eigenvalue weighted by Gasteiger charge is -2.18. The molecule has 7 nitrogen and oxygen atoms in total. The van der Waals surface area contributed by atoms with Crippen molar-refractivity contribution >= 4 is 51.0 Å². The molecule has 1 saturated heterocycles. The molecule has 0 radical (unpaired) electrons. The van der Waals surface area contributed by atoms with Gasteiger partial charge in [0.25, 0.3) is 5.91 Å². The molecule has 1 heterocycles. The number of rotatable bonds is 5. The third-order valence-electron chi connectivity index (χ3n) is 6.92. The van der Waals surface area contributed by atoms with Crippen molar-refractivity contribution in [2.75, 3.05) is 16.8 Å². The van der Waals surface area contributed by atoms with Gasteiger partial charge in [0.2, 0.25) is 11.8 Å². The van der Waals surface area contributed by atoms with Gasteiger partial charge in [-0.15, -0.1) is 0 Å². The summed E-state index contributed by atoms with van der Waals surface area (Å²) < 4.78 is 6.13. The molecule has 2 aromatic carbocycles. The summed E-state index contributed by atoms with van der Waals surface area (Å²) >= 11 is 3.45. The number of anilines is 2. The van der Waals surface area contributed by atoms with Crippen LogP contribution in [0.25, 0.3) is 0 Å². The number of hydrogen-bond acceptors (Lipinski definition) is 5. The molecule has 2 bridgehead atoms. The van der Waals surface area contributed by atoms with Crippen molar-refractivity contribution < 1.29 is 23.9 Å². The number of hydrogen-bond donors (Lipinski definition) is 1. The minimum atomic E-state index is -0.707. The van der Waals surface area contributed by atoms with Gasteiger partial charge in [-0.25, -0.2) is 9.69 Å². The van der Waals surface area contributed by atoms with Gasteiger partial charge in [0.05, 0.1) is 23.1 Å². The van der Waals surface area contributed by atoms with E-state index in [0.29, 0.717) is 11.4 Å². The fourth-order valence-electron chi connectivity index (χ4n) is 5.25. The highest BCUT2D eigenvalue weighted by Crippen LogP contribution is 2.53. The van der Waals surface area contributed by atoms with Crippen LogP contribution in [-0.4, -0.2) is 30.3 Å². The van der Waals surface area contributed by atoms with Gasteiger partial charge in [0.15, 0.2) is 6.61 Å². The van der Waals surface area contributed by atoms with E-state index < -0.39 is 18.5 Å². The van der Waals surface area contributed by atoms with Crippen LogP contribution < -0.4 is 10.2 Å². The Balaban J connectivity index is 1.25. The number of benzene rings is 2. The maximum absolute atomic E-state index is 13.0. The van der Waals surface area contributed by atoms with Crippen molar-refractivity contribution in [3.63, 3.8) is 0 Å². The van der Waals surface area contributed by atoms with Gasteiger partial charge in [-0.05, 0) is 73.6 Å². The molecule has 1 saturated carbocycles. The zero-order chi connectivity index (χ0) is 24.1. The van der Waals surface area contributed by atoms with Crippen LogP contribution in [0, 0.1) is 37.5 Å². The second kappa shape index (κ2) is 8.51. The summed E-state index contributed by atoms with van der Waals surface area (Å²) in [5, 5.41) is 2.75. The zero-order valence-corrected chi connectivity index (χ0v) is 20.3. The first-order chi connectivity index (χ1) is 16.2. The van der Waals surface area contributed by atoms with Crippen molar-refractivity contribution in [2.24, 2.45) is 23.7 Å². The Morgan fingerprint density at radius 2 is 1.71 bits per heavy atom. The number of imide groups is 1. The molecule has 1 aliphatic heterocycles. The average molecular weight is 523 g/mol. The van der Waals surface area contributed by atoms with Crippen LogP contribution in [0.1, 0.15) is 27.9 Å². The van der Waals surface area contributed by atoms with Gasteiger partial charge in [-0.2, -0.15) is 0 Å². The molecule has 0 aromatic heterocycles. The predicted molar refractivity (Wildman–Crippen MR) is 129 cm³/mol. The van der Waals surface area contributed by atoms with Crippen LogP contribution in [0.2, 0.25) is 0 Å². The monoisotopic (exact) mass is 522 g/mol. The van der Waals surface area contributed by atoms with E-state index in [1.165, 1.54) is 17.0 Å². The summed E-state index contributed by atoms with van der Waals surface area (Å²) in [5.41, 5.74) is 3.00. The Kier molecular flexibility index (Phi) is 5.64. The molecule has 3 amide bonds. The number of halogens is 1. The summed E-state index contributed by atoms with van der Waals surface area (Å²) in [4.78, 5) is 52.2. The van der Waals surface area contributed by atoms with Crippen molar-refractivity contribution in [3.8, 4) is 0 Å². The number of allylic oxidation sites excluding steroid dienone is 2. The van der Waals surface area contributed by atoms with Crippen LogP contribution in [-0.2, 0) is 19.1 Å². The Hall–Kier alpha value is -3.26. The van der Waals surface area contributed by atoms with Crippen molar-refractivity contribution in [2.45, 2.75) is 20.3 Å². The summed E-state index contributed by atoms with van der Waals surface area (Å²) in [7, 11) is 0. The number of nitrogens with one attached hydrogen (secondary N) is 1. The molecule has 2 fully saturated rings. The largest absolute Gasteiger partial charge is 0.452 e. The molecule has 4 atom stereocenters. The van der Waals surface area contributed by atoms with Crippen LogP contribution >= 0.6 is 15.9 Å².